The van der Waals surface area contributed by atoms with Gasteiger partial charge in [0.2, 0.25) is 0 Å². The van der Waals surface area contributed by atoms with Gasteiger partial charge in [-0.25, -0.2) is 9.97 Å². The Bertz CT molecular complexity index is 721. The molecule has 34 heavy (non-hydrogen) atoms. The molecule has 0 bridgehead atoms. The first kappa shape index (κ1) is 28.5. The predicted molar refractivity (Wildman–Crippen MR) is 147 cm³/mol. The van der Waals surface area contributed by atoms with Crippen LogP contribution in [0.25, 0.3) is 11.5 Å². The highest BCUT2D eigenvalue weighted by Crippen LogP contribution is 2.16. The van der Waals surface area contributed by atoms with Crippen molar-refractivity contribution in [3.05, 3.63) is 41.9 Å². The summed E-state index contributed by atoms with van der Waals surface area (Å²) in [5.41, 5.74) is 3.45. The highest BCUT2D eigenvalue weighted by molar-refractivity contribution is 5.48. The van der Waals surface area contributed by atoms with E-state index in [2.05, 4.69) is 47.9 Å². The Kier molecular flexibility index (Phi) is 15.5. The molecule has 190 valence electrons. The van der Waals surface area contributed by atoms with Crippen LogP contribution in [-0.4, -0.2) is 15.0 Å². The zero-order valence-corrected chi connectivity index (χ0v) is 22.5. The Balaban J connectivity index is 1.58. The van der Waals surface area contributed by atoms with Gasteiger partial charge in [-0.05, 0) is 48.8 Å². The molecular formula is C31H51N3. The second kappa shape index (κ2) is 18.5. The minimum Gasteiger partial charge on any atom is -0.253 e. The number of hydrogen-bond acceptors (Lipinski definition) is 3. The van der Waals surface area contributed by atoms with E-state index >= 15 is 0 Å². The number of aryl methyl sites for hydroxylation is 2. The lowest BCUT2D eigenvalue weighted by Crippen LogP contribution is -1.96. The molecule has 0 fully saturated rings. The molecule has 2 heterocycles. The minimum absolute atomic E-state index is 0.740. The zero-order chi connectivity index (χ0) is 24.3. The number of aromatic nitrogens is 3. The van der Waals surface area contributed by atoms with E-state index in [0.29, 0.717) is 0 Å². The van der Waals surface area contributed by atoms with E-state index in [1.807, 2.05) is 18.6 Å². The van der Waals surface area contributed by atoms with E-state index in [4.69, 9.17) is 0 Å². The Morgan fingerprint density at radius 3 is 1.59 bits per heavy atom. The summed E-state index contributed by atoms with van der Waals surface area (Å²) in [6.07, 6.45) is 30.0. The van der Waals surface area contributed by atoms with Gasteiger partial charge in [-0.2, -0.15) is 0 Å². The van der Waals surface area contributed by atoms with Crippen LogP contribution in [0.5, 0.6) is 0 Å². The second-order valence-corrected chi connectivity index (χ2v) is 10.6. The molecule has 3 nitrogen and oxygen atoms in total. The second-order valence-electron chi connectivity index (χ2n) is 10.6. The lowest BCUT2D eigenvalue weighted by atomic mass is 10.0. The van der Waals surface area contributed by atoms with Crippen LogP contribution in [0.3, 0.4) is 0 Å². The molecule has 0 aliphatic rings. The molecule has 3 heteroatoms. The van der Waals surface area contributed by atoms with Crippen molar-refractivity contribution in [3.63, 3.8) is 0 Å². The quantitative estimate of drug-likeness (QED) is 0.183. The molecule has 0 aliphatic heterocycles. The Morgan fingerprint density at radius 1 is 0.559 bits per heavy atom. The molecule has 0 radical (unpaired) electrons. The number of hydrogen-bond donors (Lipinski definition) is 0. The van der Waals surface area contributed by atoms with Crippen molar-refractivity contribution in [1.82, 2.24) is 15.0 Å². The van der Waals surface area contributed by atoms with E-state index in [0.717, 1.165) is 30.3 Å². The molecule has 0 atom stereocenters. The number of unbranched alkanes of at least 4 members (excludes halogenated alkanes) is 13. The molecule has 0 aliphatic carbocycles. The van der Waals surface area contributed by atoms with Gasteiger partial charge < -0.3 is 0 Å². The third-order valence-corrected chi connectivity index (χ3v) is 6.83. The van der Waals surface area contributed by atoms with E-state index < -0.39 is 0 Å². The summed E-state index contributed by atoms with van der Waals surface area (Å²) in [7, 11) is 0. The van der Waals surface area contributed by atoms with Crippen molar-refractivity contribution in [2.45, 2.75) is 136 Å². The van der Waals surface area contributed by atoms with Crippen molar-refractivity contribution in [2.24, 2.45) is 5.92 Å². The van der Waals surface area contributed by atoms with Crippen LogP contribution in [0.1, 0.15) is 135 Å². The van der Waals surface area contributed by atoms with Gasteiger partial charge in [-0.15, -0.1) is 0 Å². The van der Waals surface area contributed by atoms with Crippen LogP contribution >= 0.6 is 0 Å². The summed E-state index contributed by atoms with van der Waals surface area (Å²) in [4.78, 5) is 13.8. The number of nitrogens with zero attached hydrogens (tertiary/aromatic N) is 3. The summed E-state index contributed by atoms with van der Waals surface area (Å²) < 4.78 is 0. The fourth-order valence-corrected chi connectivity index (χ4v) is 4.55. The molecule has 2 rings (SSSR count). The fourth-order valence-electron chi connectivity index (χ4n) is 4.55. The Morgan fingerprint density at radius 2 is 1.06 bits per heavy atom. The first-order valence-corrected chi connectivity index (χ1v) is 14.4. The van der Waals surface area contributed by atoms with Crippen molar-refractivity contribution in [3.8, 4) is 11.5 Å². The summed E-state index contributed by atoms with van der Waals surface area (Å²) in [5, 5.41) is 0. The Hall–Kier alpha value is -1.77. The molecule has 0 aromatic carbocycles. The van der Waals surface area contributed by atoms with Gasteiger partial charge in [-0.3, -0.25) is 4.98 Å². The first-order chi connectivity index (χ1) is 16.7. The Labute approximate surface area is 210 Å². The van der Waals surface area contributed by atoms with Crippen molar-refractivity contribution >= 4 is 0 Å². The van der Waals surface area contributed by atoms with Crippen LogP contribution < -0.4 is 0 Å². The monoisotopic (exact) mass is 465 g/mol. The van der Waals surface area contributed by atoms with Crippen molar-refractivity contribution in [1.29, 1.82) is 0 Å². The third-order valence-electron chi connectivity index (χ3n) is 6.83. The van der Waals surface area contributed by atoms with E-state index in [-0.39, 0.29) is 0 Å². The summed E-state index contributed by atoms with van der Waals surface area (Å²) >= 11 is 0. The first-order valence-electron chi connectivity index (χ1n) is 14.4. The van der Waals surface area contributed by atoms with Gasteiger partial charge >= 0.3 is 0 Å². The van der Waals surface area contributed by atoms with Gasteiger partial charge in [-0.1, -0.05) is 117 Å². The molecule has 0 saturated carbocycles. The fraction of sp³-hybridized carbons (Fsp3) is 0.710. The van der Waals surface area contributed by atoms with Gasteiger partial charge in [0.1, 0.15) is 5.69 Å². The van der Waals surface area contributed by atoms with Gasteiger partial charge in [0.25, 0.3) is 0 Å². The highest BCUT2D eigenvalue weighted by Gasteiger charge is 2.04. The topological polar surface area (TPSA) is 38.7 Å². The molecule has 2 aromatic heterocycles. The smallest absolute Gasteiger partial charge is 0.178 e. The van der Waals surface area contributed by atoms with Crippen LogP contribution in [-0.2, 0) is 12.8 Å². The normalized spacial score (nSPS) is 11.4. The average Bonchev–Trinajstić information content (AvgIpc) is 2.85. The van der Waals surface area contributed by atoms with Crippen molar-refractivity contribution < 1.29 is 0 Å². The van der Waals surface area contributed by atoms with E-state index in [9.17, 15) is 0 Å². The molecule has 0 spiro atoms. The summed E-state index contributed by atoms with van der Waals surface area (Å²) in [6.45, 7) is 6.92. The van der Waals surface area contributed by atoms with Crippen LogP contribution in [0.2, 0.25) is 0 Å². The molecule has 0 amide bonds. The van der Waals surface area contributed by atoms with Crippen LogP contribution in [0, 0.1) is 5.92 Å². The summed E-state index contributed by atoms with van der Waals surface area (Å²) in [5.74, 6) is 1.59. The molecule has 0 saturated heterocycles. The van der Waals surface area contributed by atoms with Crippen LogP contribution in [0.15, 0.2) is 30.7 Å². The third kappa shape index (κ3) is 13.2. The number of pyridine rings is 1. The van der Waals surface area contributed by atoms with E-state index in [1.165, 1.54) is 114 Å². The van der Waals surface area contributed by atoms with Crippen molar-refractivity contribution in [2.75, 3.05) is 0 Å². The van der Waals surface area contributed by atoms with Crippen LogP contribution in [0.4, 0.5) is 0 Å². The number of rotatable bonds is 20. The van der Waals surface area contributed by atoms with Gasteiger partial charge in [0, 0.05) is 18.6 Å². The maximum Gasteiger partial charge on any atom is 0.178 e. The zero-order valence-electron chi connectivity index (χ0n) is 22.5. The molecular weight excluding hydrogens is 414 g/mol. The SMILES string of the molecule is CCCCCCCCCCCc1cnc(-c2ccc(CCCCCCCCC(C)C)cn2)nc1. The molecule has 0 unspecified atom stereocenters. The predicted octanol–water partition coefficient (Wildman–Crippen LogP) is 9.54. The summed E-state index contributed by atoms with van der Waals surface area (Å²) in [6, 6.07) is 4.28. The standard InChI is InChI=1S/C31H51N3/c1-4-5-6-7-8-9-10-15-18-21-29-25-33-31(34-26-29)30-23-22-28(24-32-30)20-17-14-12-11-13-16-19-27(2)3/h22-27H,4-21H2,1-3H3. The maximum absolute atomic E-state index is 4.63. The lowest BCUT2D eigenvalue weighted by Gasteiger charge is -2.06. The molecule has 0 N–H and O–H groups in total. The molecule has 2 aromatic rings. The largest absolute Gasteiger partial charge is 0.253 e. The van der Waals surface area contributed by atoms with E-state index in [1.54, 1.807) is 0 Å². The van der Waals surface area contributed by atoms with Gasteiger partial charge in [0.15, 0.2) is 5.82 Å². The highest BCUT2D eigenvalue weighted by atomic mass is 14.9. The lowest BCUT2D eigenvalue weighted by molar-refractivity contribution is 0.511. The minimum atomic E-state index is 0.740. The maximum atomic E-state index is 4.63. The van der Waals surface area contributed by atoms with Gasteiger partial charge in [0.05, 0.1) is 0 Å². The average molecular weight is 466 g/mol.